The fourth-order valence-corrected chi connectivity index (χ4v) is 1.11. The summed E-state index contributed by atoms with van der Waals surface area (Å²) in [7, 11) is 0. The van der Waals surface area contributed by atoms with E-state index in [9.17, 15) is 18.0 Å². The molecule has 0 aliphatic rings. The smallest absolute Gasteiger partial charge is 0.417 e. The molecule has 0 aromatic carbocycles. The maximum absolute atomic E-state index is 12.2. The van der Waals surface area contributed by atoms with Gasteiger partial charge in [-0.05, 0) is 12.1 Å². The third kappa shape index (κ3) is 3.22. The van der Waals surface area contributed by atoms with E-state index in [1.807, 2.05) is 0 Å². The Labute approximate surface area is 89.9 Å². The van der Waals surface area contributed by atoms with Crippen LogP contribution in [0.5, 0.6) is 0 Å². The molecule has 1 unspecified atom stereocenters. The summed E-state index contributed by atoms with van der Waals surface area (Å²) in [5.41, 5.74) is -0.498. The lowest BCUT2D eigenvalue weighted by molar-refractivity contribution is -0.141. The predicted octanol–water partition coefficient (Wildman–Crippen LogP) is 2.36. The van der Waals surface area contributed by atoms with Crippen molar-refractivity contribution in [1.82, 2.24) is 4.98 Å². The van der Waals surface area contributed by atoms with Crippen molar-refractivity contribution >= 4 is 5.97 Å². The molecule has 0 fully saturated rings. The fraction of sp³-hybridized carbons (Fsp3) is 0.400. The van der Waals surface area contributed by atoms with Crippen LogP contribution in [0.15, 0.2) is 18.3 Å². The lowest BCUT2D eigenvalue weighted by Gasteiger charge is -2.08. The van der Waals surface area contributed by atoms with Crippen molar-refractivity contribution in [3.05, 3.63) is 29.6 Å². The van der Waals surface area contributed by atoms with Gasteiger partial charge in [0, 0.05) is 18.3 Å². The third-order valence-corrected chi connectivity index (χ3v) is 2.09. The van der Waals surface area contributed by atoms with Gasteiger partial charge in [-0.25, -0.2) is 0 Å². The summed E-state index contributed by atoms with van der Waals surface area (Å²) in [5.74, 6) is -1.66. The van der Waals surface area contributed by atoms with Gasteiger partial charge in [0.15, 0.2) is 0 Å². The van der Waals surface area contributed by atoms with Crippen LogP contribution in [-0.4, -0.2) is 16.1 Å². The normalized spacial score (nSPS) is 13.5. The lowest BCUT2D eigenvalue weighted by Crippen LogP contribution is -2.13. The van der Waals surface area contributed by atoms with Crippen molar-refractivity contribution in [2.45, 2.75) is 19.5 Å². The molecule has 0 bridgehead atoms. The van der Waals surface area contributed by atoms with Crippen molar-refractivity contribution < 1.29 is 23.1 Å². The van der Waals surface area contributed by atoms with E-state index >= 15 is 0 Å². The molecule has 1 rings (SSSR count). The first-order chi connectivity index (χ1) is 7.30. The number of hydrogen-bond donors (Lipinski definition) is 1. The highest BCUT2D eigenvalue weighted by molar-refractivity contribution is 5.69. The molecule has 1 atom stereocenters. The van der Waals surface area contributed by atoms with Crippen molar-refractivity contribution in [2.24, 2.45) is 5.92 Å². The largest absolute Gasteiger partial charge is 0.481 e. The second-order valence-electron chi connectivity index (χ2n) is 3.48. The number of carboxylic acids is 1. The van der Waals surface area contributed by atoms with Crippen LogP contribution in [0, 0.1) is 5.92 Å². The van der Waals surface area contributed by atoms with Gasteiger partial charge in [-0.15, -0.1) is 0 Å². The Kier molecular flexibility index (Phi) is 3.51. The summed E-state index contributed by atoms with van der Waals surface area (Å²) in [6, 6.07) is 2.10. The molecular formula is C10H10F3NO2. The summed E-state index contributed by atoms with van der Waals surface area (Å²) < 4.78 is 36.5. The Bertz CT molecular complexity index is 373. The molecule has 1 aromatic rings. The molecule has 1 aromatic heterocycles. The molecular weight excluding hydrogens is 223 g/mol. The number of carbonyl (C=O) groups is 1. The van der Waals surface area contributed by atoms with Crippen LogP contribution < -0.4 is 0 Å². The lowest BCUT2D eigenvalue weighted by atomic mass is 10.1. The zero-order valence-electron chi connectivity index (χ0n) is 8.45. The predicted molar refractivity (Wildman–Crippen MR) is 49.7 cm³/mol. The van der Waals surface area contributed by atoms with E-state index in [1.54, 1.807) is 0 Å². The first-order valence-corrected chi connectivity index (χ1v) is 4.55. The molecule has 0 aliphatic carbocycles. The van der Waals surface area contributed by atoms with Crippen LogP contribution in [0.4, 0.5) is 13.2 Å². The first-order valence-electron chi connectivity index (χ1n) is 4.55. The second kappa shape index (κ2) is 4.51. The van der Waals surface area contributed by atoms with Crippen molar-refractivity contribution in [3.63, 3.8) is 0 Å². The fourth-order valence-electron chi connectivity index (χ4n) is 1.11. The van der Waals surface area contributed by atoms with E-state index in [4.69, 9.17) is 5.11 Å². The van der Waals surface area contributed by atoms with E-state index in [0.29, 0.717) is 11.9 Å². The number of hydrogen-bond acceptors (Lipinski definition) is 2. The number of carboxylic acid groups (broad SMARTS) is 1. The average Bonchev–Trinajstić information content (AvgIpc) is 2.17. The molecule has 16 heavy (non-hydrogen) atoms. The number of rotatable bonds is 3. The summed E-state index contributed by atoms with van der Waals surface area (Å²) in [5, 5.41) is 8.62. The maximum atomic E-state index is 12.2. The Balaban J connectivity index is 2.76. The summed E-state index contributed by atoms with van der Waals surface area (Å²) in [4.78, 5) is 14.1. The molecule has 1 N–H and O–H groups in total. The Morgan fingerprint density at radius 3 is 2.50 bits per heavy atom. The van der Waals surface area contributed by atoms with E-state index in [0.717, 1.165) is 6.07 Å². The number of halogens is 3. The minimum absolute atomic E-state index is 0.119. The molecule has 88 valence electrons. The van der Waals surface area contributed by atoms with Crippen molar-refractivity contribution in [2.75, 3.05) is 0 Å². The van der Waals surface area contributed by atoms with Crippen LogP contribution >= 0.6 is 0 Å². The van der Waals surface area contributed by atoms with Crippen LogP contribution in [0.1, 0.15) is 18.2 Å². The highest BCUT2D eigenvalue weighted by atomic mass is 19.4. The monoisotopic (exact) mass is 233 g/mol. The molecule has 0 aliphatic heterocycles. The average molecular weight is 233 g/mol. The SMILES string of the molecule is CC(Cc1ccc(C(F)(F)F)cn1)C(=O)O. The number of aliphatic carboxylic acids is 1. The topological polar surface area (TPSA) is 50.2 Å². The summed E-state index contributed by atoms with van der Waals surface area (Å²) >= 11 is 0. The molecule has 1 heterocycles. The van der Waals surface area contributed by atoms with Crippen LogP contribution in [-0.2, 0) is 17.4 Å². The van der Waals surface area contributed by atoms with Gasteiger partial charge in [-0.2, -0.15) is 13.2 Å². The number of aromatic nitrogens is 1. The van der Waals surface area contributed by atoms with Gasteiger partial charge in [0.25, 0.3) is 0 Å². The van der Waals surface area contributed by atoms with Gasteiger partial charge >= 0.3 is 12.1 Å². The maximum Gasteiger partial charge on any atom is 0.417 e. The second-order valence-corrected chi connectivity index (χ2v) is 3.48. The van der Waals surface area contributed by atoms with Crippen LogP contribution in [0.25, 0.3) is 0 Å². The van der Waals surface area contributed by atoms with E-state index < -0.39 is 23.6 Å². The summed E-state index contributed by atoms with van der Waals surface area (Å²) in [6.45, 7) is 1.47. The van der Waals surface area contributed by atoms with Gasteiger partial charge < -0.3 is 5.11 Å². The first kappa shape index (κ1) is 12.5. The third-order valence-electron chi connectivity index (χ3n) is 2.09. The Morgan fingerprint density at radius 1 is 1.50 bits per heavy atom. The van der Waals surface area contributed by atoms with Gasteiger partial charge in [0.05, 0.1) is 11.5 Å². The van der Waals surface area contributed by atoms with E-state index in [-0.39, 0.29) is 6.42 Å². The minimum Gasteiger partial charge on any atom is -0.481 e. The number of alkyl halides is 3. The Morgan fingerprint density at radius 2 is 2.12 bits per heavy atom. The summed E-state index contributed by atoms with van der Waals surface area (Å²) in [6.07, 6.45) is -3.58. The van der Waals surface area contributed by atoms with E-state index in [1.165, 1.54) is 13.0 Å². The van der Waals surface area contributed by atoms with Crippen LogP contribution in [0.2, 0.25) is 0 Å². The van der Waals surface area contributed by atoms with Gasteiger partial charge in [0.1, 0.15) is 0 Å². The number of nitrogens with zero attached hydrogens (tertiary/aromatic N) is 1. The molecule has 0 amide bonds. The molecule has 3 nitrogen and oxygen atoms in total. The van der Waals surface area contributed by atoms with Crippen molar-refractivity contribution in [3.8, 4) is 0 Å². The molecule has 0 saturated carbocycles. The molecule has 0 radical (unpaired) electrons. The van der Waals surface area contributed by atoms with Gasteiger partial charge in [-0.1, -0.05) is 6.92 Å². The van der Waals surface area contributed by atoms with Gasteiger partial charge in [0.2, 0.25) is 0 Å². The highest BCUT2D eigenvalue weighted by Crippen LogP contribution is 2.28. The molecule has 0 spiro atoms. The zero-order valence-corrected chi connectivity index (χ0v) is 8.45. The molecule has 6 heteroatoms. The van der Waals surface area contributed by atoms with E-state index in [2.05, 4.69) is 4.98 Å². The minimum atomic E-state index is -4.41. The quantitative estimate of drug-likeness (QED) is 0.871. The zero-order chi connectivity index (χ0) is 12.3. The Hall–Kier alpha value is -1.59. The number of pyridine rings is 1. The standard InChI is InChI=1S/C10H10F3NO2/c1-6(9(15)16)4-8-3-2-7(5-14-8)10(11,12)13/h2-3,5-6H,4H2,1H3,(H,15,16). The van der Waals surface area contributed by atoms with Crippen molar-refractivity contribution in [1.29, 1.82) is 0 Å². The molecule has 0 saturated heterocycles. The van der Waals surface area contributed by atoms with Gasteiger partial charge in [-0.3, -0.25) is 9.78 Å². The van der Waals surface area contributed by atoms with Crippen LogP contribution in [0.3, 0.4) is 0 Å². The highest BCUT2D eigenvalue weighted by Gasteiger charge is 2.30.